The number of nitrogens with two attached hydrogens (primary N) is 1. The molecule has 1 amide bonds. The number of rotatable bonds is 4. The molecule has 0 saturated carbocycles. The van der Waals surface area contributed by atoms with E-state index in [0.717, 1.165) is 6.42 Å². The molecule has 1 atom stereocenters. The normalized spacial score (nSPS) is 12.7. The Morgan fingerprint density at radius 3 is 2.80 bits per heavy atom. The van der Waals surface area contributed by atoms with Gasteiger partial charge >= 0.3 is 0 Å². The summed E-state index contributed by atoms with van der Waals surface area (Å²) >= 11 is 0. The number of hydrogen-bond donors (Lipinski definition) is 3. The van der Waals surface area contributed by atoms with Crippen molar-refractivity contribution in [3.63, 3.8) is 0 Å². The van der Waals surface area contributed by atoms with Crippen molar-refractivity contribution in [2.45, 2.75) is 19.4 Å². The molecule has 0 aromatic carbocycles. The highest BCUT2D eigenvalue weighted by Gasteiger charge is 2.10. The fraction of sp³-hybridized carbons (Fsp3) is 0.833. The summed E-state index contributed by atoms with van der Waals surface area (Å²) in [6, 6.07) is 0. The largest absolute Gasteiger partial charge is 0.382 e. The van der Waals surface area contributed by atoms with E-state index in [2.05, 4.69) is 5.32 Å². The molecule has 0 spiro atoms. The summed E-state index contributed by atoms with van der Waals surface area (Å²) in [5.41, 5.74) is 5.03. The molecule has 4 nitrogen and oxygen atoms in total. The van der Waals surface area contributed by atoms with Crippen LogP contribution in [0.3, 0.4) is 0 Å². The van der Waals surface area contributed by atoms with Gasteiger partial charge in [0, 0.05) is 13.1 Å². The molecule has 1 unspecified atom stereocenters. The number of carbonyl (C=O) groups is 1. The van der Waals surface area contributed by atoms with E-state index in [0.29, 0.717) is 6.54 Å². The lowest BCUT2D eigenvalue weighted by molar-refractivity contribution is -0.128. The Kier molecular flexibility index (Phi) is 4.88. The van der Waals surface area contributed by atoms with Crippen LogP contribution in [0, 0.1) is 0 Å². The summed E-state index contributed by atoms with van der Waals surface area (Å²) in [5, 5.41) is 11.3. The Hall–Kier alpha value is -0.610. The fourth-order valence-electron chi connectivity index (χ4n) is 0.473. The van der Waals surface area contributed by atoms with Crippen LogP contribution in [-0.2, 0) is 4.79 Å². The predicted molar refractivity (Wildman–Crippen MR) is 38.4 cm³/mol. The van der Waals surface area contributed by atoms with E-state index in [-0.39, 0.29) is 12.5 Å². The monoisotopic (exact) mass is 146 g/mol. The summed E-state index contributed by atoms with van der Waals surface area (Å²) in [6.45, 7) is 2.51. The van der Waals surface area contributed by atoms with Crippen molar-refractivity contribution in [1.29, 1.82) is 0 Å². The van der Waals surface area contributed by atoms with Gasteiger partial charge in [-0.1, -0.05) is 6.92 Å². The van der Waals surface area contributed by atoms with Crippen LogP contribution in [-0.4, -0.2) is 30.2 Å². The Morgan fingerprint density at radius 1 is 1.80 bits per heavy atom. The van der Waals surface area contributed by atoms with Gasteiger partial charge in [-0.25, -0.2) is 0 Å². The van der Waals surface area contributed by atoms with E-state index >= 15 is 0 Å². The van der Waals surface area contributed by atoms with Crippen molar-refractivity contribution in [3.8, 4) is 0 Å². The second-order valence-electron chi connectivity index (χ2n) is 2.04. The molecule has 60 valence electrons. The molecule has 0 aliphatic heterocycles. The third kappa shape index (κ3) is 3.42. The second kappa shape index (κ2) is 5.20. The second-order valence-corrected chi connectivity index (χ2v) is 2.04. The van der Waals surface area contributed by atoms with Crippen LogP contribution in [0.2, 0.25) is 0 Å². The molecular formula is C6H14N2O2. The smallest absolute Gasteiger partial charge is 0.250 e. The first kappa shape index (κ1) is 9.39. The summed E-state index contributed by atoms with van der Waals surface area (Å²) in [5.74, 6) is -0.385. The van der Waals surface area contributed by atoms with Crippen LogP contribution in [0.25, 0.3) is 0 Å². The van der Waals surface area contributed by atoms with Crippen molar-refractivity contribution in [2.24, 2.45) is 5.73 Å². The molecule has 0 heterocycles. The number of nitrogens with one attached hydrogen (secondary N) is 1. The van der Waals surface area contributed by atoms with E-state index in [1.165, 1.54) is 0 Å². The molecule has 0 bridgehead atoms. The lowest BCUT2D eigenvalue weighted by Gasteiger charge is -2.06. The Labute approximate surface area is 60.4 Å². The highest BCUT2D eigenvalue weighted by Crippen LogP contribution is 1.78. The topological polar surface area (TPSA) is 75.3 Å². The molecule has 0 aliphatic carbocycles. The lowest BCUT2D eigenvalue weighted by Crippen LogP contribution is -2.39. The standard InChI is InChI=1S/C6H14N2O2/c1-2-3-8-6(10)5(9)4-7/h5,9H,2-4,7H2,1H3,(H,8,10). The van der Waals surface area contributed by atoms with Gasteiger partial charge in [-0.2, -0.15) is 0 Å². The number of hydrogen-bond acceptors (Lipinski definition) is 3. The number of amides is 1. The van der Waals surface area contributed by atoms with Crippen molar-refractivity contribution < 1.29 is 9.90 Å². The van der Waals surface area contributed by atoms with Crippen LogP contribution >= 0.6 is 0 Å². The van der Waals surface area contributed by atoms with Crippen LogP contribution < -0.4 is 11.1 Å². The van der Waals surface area contributed by atoms with Crippen molar-refractivity contribution >= 4 is 5.91 Å². The van der Waals surface area contributed by atoms with E-state index in [4.69, 9.17) is 10.8 Å². The molecule has 0 aromatic rings. The maximum atomic E-state index is 10.7. The molecule has 0 saturated heterocycles. The SMILES string of the molecule is CCCNC(=O)C(O)CN. The van der Waals surface area contributed by atoms with Crippen LogP contribution in [0.5, 0.6) is 0 Å². The van der Waals surface area contributed by atoms with E-state index < -0.39 is 6.10 Å². The Morgan fingerprint density at radius 2 is 2.40 bits per heavy atom. The first-order valence-electron chi connectivity index (χ1n) is 3.38. The molecular weight excluding hydrogens is 132 g/mol. The zero-order chi connectivity index (χ0) is 7.98. The summed E-state index contributed by atoms with van der Waals surface area (Å²) in [4.78, 5) is 10.7. The van der Waals surface area contributed by atoms with Gasteiger partial charge in [0.2, 0.25) is 5.91 Å². The maximum Gasteiger partial charge on any atom is 0.250 e. The third-order valence-corrected chi connectivity index (χ3v) is 1.08. The minimum Gasteiger partial charge on any atom is -0.382 e. The average Bonchev–Trinajstić information content (AvgIpc) is 1.98. The molecule has 0 aliphatic rings. The summed E-state index contributed by atoms with van der Waals surface area (Å²) in [6.07, 6.45) is -0.185. The number of carbonyl (C=O) groups excluding carboxylic acids is 1. The fourth-order valence-corrected chi connectivity index (χ4v) is 0.473. The third-order valence-electron chi connectivity index (χ3n) is 1.08. The highest BCUT2D eigenvalue weighted by molar-refractivity contribution is 5.80. The van der Waals surface area contributed by atoms with Crippen LogP contribution in [0.15, 0.2) is 0 Å². The molecule has 0 aromatic heterocycles. The molecule has 10 heavy (non-hydrogen) atoms. The number of aliphatic hydroxyl groups is 1. The van der Waals surface area contributed by atoms with E-state index in [1.54, 1.807) is 0 Å². The average molecular weight is 146 g/mol. The van der Waals surface area contributed by atoms with Gasteiger partial charge < -0.3 is 16.2 Å². The zero-order valence-electron chi connectivity index (χ0n) is 6.13. The van der Waals surface area contributed by atoms with Crippen molar-refractivity contribution in [1.82, 2.24) is 5.32 Å². The minimum absolute atomic E-state index is 0.0183. The predicted octanol–water partition coefficient (Wildman–Crippen LogP) is -1.17. The molecule has 4 heteroatoms. The summed E-state index contributed by atoms with van der Waals surface area (Å²) < 4.78 is 0. The molecule has 0 rings (SSSR count). The Bertz CT molecular complexity index is 106. The first-order valence-corrected chi connectivity index (χ1v) is 3.38. The minimum atomic E-state index is -1.05. The van der Waals surface area contributed by atoms with Gasteiger partial charge in [-0.05, 0) is 6.42 Å². The van der Waals surface area contributed by atoms with Gasteiger partial charge in [-0.15, -0.1) is 0 Å². The highest BCUT2D eigenvalue weighted by atomic mass is 16.3. The maximum absolute atomic E-state index is 10.7. The van der Waals surface area contributed by atoms with Gasteiger partial charge in [-0.3, -0.25) is 4.79 Å². The van der Waals surface area contributed by atoms with Crippen LogP contribution in [0.1, 0.15) is 13.3 Å². The molecule has 0 fully saturated rings. The van der Waals surface area contributed by atoms with Crippen molar-refractivity contribution in [3.05, 3.63) is 0 Å². The van der Waals surface area contributed by atoms with Crippen LogP contribution in [0.4, 0.5) is 0 Å². The van der Waals surface area contributed by atoms with E-state index in [9.17, 15) is 4.79 Å². The lowest BCUT2D eigenvalue weighted by atomic mass is 10.3. The quantitative estimate of drug-likeness (QED) is 0.468. The Balaban J connectivity index is 3.42. The zero-order valence-corrected chi connectivity index (χ0v) is 6.13. The van der Waals surface area contributed by atoms with Gasteiger partial charge in [0.1, 0.15) is 6.10 Å². The molecule has 0 radical (unpaired) electrons. The first-order chi connectivity index (χ1) is 4.72. The van der Waals surface area contributed by atoms with Gasteiger partial charge in [0.15, 0.2) is 0 Å². The van der Waals surface area contributed by atoms with Gasteiger partial charge in [0.05, 0.1) is 0 Å². The van der Waals surface area contributed by atoms with Crippen molar-refractivity contribution in [2.75, 3.05) is 13.1 Å². The van der Waals surface area contributed by atoms with Gasteiger partial charge in [0.25, 0.3) is 0 Å². The summed E-state index contributed by atoms with van der Waals surface area (Å²) in [7, 11) is 0. The van der Waals surface area contributed by atoms with E-state index in [1.807, 2.05) is 6.92 Å². The molecule has 4 N–H and O–H groups in total. The number of aliphatic hydroxyl groups excluding tert-OH is 1.